The van der Waals surface area contributed by atoms with Crippen molar-refractivity contribution in [3.63, 3.8) is 0 Å². The molecule has 1 saturated heterocycles. The van der Waals surface area contributed by atoms with Crippen LogP contribution in [0, 0.1) is 0 Å². The van der Waals surface area contributed by atoms with Crippen LogP contribution in [0.3, 0.4) is 0 Å². The van der Waals surface area contributed by atoms with Crippen molar-refractivity contribution in [2.24, 2.45) is 0 Å². The molecule has 3 heterocycles. The molecule has 0 saturated carbocycles. The van der Waals surface area contributed by atoms with Gasteiger partial charge in [-0.1, -0.05) is 66.7 Å². The van der Waals surface area contributed by atoms with Crippen molar-refractivity contribution in [1.82, 2.24) is 25.1 Å². The zero-order chi connectivity index (χ0) is 24.4. The van der Waals surface area contributed by atoms with E-state index in [1.165, 1.54) is 23.1 Å². The van der Waals surface area contributed by atoms with Crippen molar-refractivity contribution in [3.05, 3.63) is 131 Å². The fourth-order valence-electron chi connectivity index (χ4n) is 4.94. The lowest BCUT2D eigenvalue weighted by molar-refractivity contribution is 0.172. The maximum absolute atomic E-state index is 4.62. The highest BCUT2D eigenvalue weighted by molar-refractivity contribution is 5.23. The second-order valence-electron chi connectivity index (χ2n) is 9.63. The standard InChI is InChI=1S/C31H35N5/c1-2-8-27(9-3-1)22-35-19-16-31(25-35)36(24-30-11-5-7-18-34-30)23-28-14-12-26(13-15-28)20-32-21-29-10-4-6-17-33-29/h1-15,17-18,31-32H,16,19-25H2. The monoisotopic (exact) mass is 477 g/mol. The van der Waals surface area contributed by atoms with E-state index in [-0.39, 0.29) is 0 Å². The molecule has 2 aromatic heterocycles. The molecule has 4 aromatic rings. The van der Waals surface area contributed by atoms with Crippen LogP contribution in [0.1, 0.15) is 34.5 Å². The lowest BCUT2D eigenvalue weighted by Gasteiger charge is -2.29. The molecule has 184 valence electrons. The molecule has 2 aromatic carbocycles. The summed E-state index contributed by atoms with van der Waals surface area (Å²) in [4.78, 5) is 14.2. The van der Waals surface area contributed by atoms with E-state index < -0.39 is 0 Å². The van der Waals surface area contributed by atoms with Gasteiger partial charge in [0.15, 0.2) is 0 Å². The predicted molar refractivity (Wildman–Crippen MR) is 145 cm³/mol. The number of likely N-dealkylation sites (tertiary alicyclic amines) is 1. The smallest absolute Gasteiger partial charge is 0.0544 e. The number of hydrogen-bond acceptors (Lipinski definition) is 5. The topological polar surface area (TPSA) is 44.3 Å². The van der Waals surface area contributed by atoms with Gasteiger partial charge in [0.05, 0.1) is 11.4 Å². The van der Waals surface area contributed by atoms with E-state index in [0.717, 1.165) is 57.2 Å². The normalized spacial score (nSPS) is 16.0. The van der Waals surface area contributed by atoms with Crippen LogP contribution < -0.4 is 5.32 Å². The summed E-state index contributed by atoms with van der Waals surface area (Å²) >= 11 is 0. The SMILES string of the molecule is c1ccc(CN2CCC(N(Cc3ccc(CNCc4ccccn4)cc3)Cc3ccccn3)C2)cc1. The van der Waals surface area contributed by atoms with Crippen molar-refractivity contribution in [2.45, 2.75) is 45.2 Å². The van der Waals surface area contributed by atoms with E-state index in [0.29, 0.717) is 6.04 Å². The first-order chi connectivity index (χ1) is 17.8. The Morgan fingerprint density at radius 3 is 2.11 bits per heavy atom. The van der Waals surface area contributed by atoms with Gasteiger partial charge in [-0.3, -0.25) is 19.8 Å². The van der Waals surface area contributed by atoms with Crippen molar-refractivity contribution in [2.75, 3.05) is 13.1 Å². The molecule has 1 unspecified atom stereocenters. The van der Waals surface area contributed by atoms with Gasteiger partial charge in [0.2, 0.25) is 0 Å². The molecule has 0 amide bonds. The summed E-state index contributed by atoms with van der Waals surface area (Å²) in [6.07, 6.45) is 4.93. The third-order valence-electron chi connectivity index (χ3n) is 6.87. The van der Waals surface area contributed by atoms with Crippen LogP contribution in [0.15, 0.2) is 103 Å². The summed E-state index contributed by atoms with van der Waals surface area (Å²) in [6, 6.07) is 32.6. The Hall–Kier alpha value is -3.38. The fraction of sp³-hybridized carbons (Fsp3) is 0.290. The molecule has 1 aliphatic rings. The molecule has 0 aliphatic carbocycles. The zero-order valence-electron chi connectivity index (χ0n) is 20.8. The number of benzene rings is 2. The lowest BCUT2D eigenvalue weighted by atomic mass is 10.1. The minimum absolute atomic E-state index is 0.524. The number of pyridine rings is 2. The van der Waals surface area contributed by atoms with Crippen molar-refractivity contribution in [1.29, 1.82) is 0 Å². The van der Waals surface area contributed by atoms with Gasteiger partial charge >= 0.3 is 0 Å². The Kier molecular flexibility index (Phi) is 8.47. The van der Waals surface area contributed by atoms with Crippen molar-refractivity contribution >= 4 is 0 Å². The molecule has 1 atom stereocenters. The average Bonchev–Trinajstić information content (AvgIpc) is 3.39. The number of nitrogens with zero attached hydrogens (tertiary/aromatic N) is 4. The van der Waals surface area contributed by atoms with Crippen LogP contribution in [-0.4, -0.2) is 38.9 Å². The second-order valence-corrected chi connectivity index (χ2v) is 9.63. The van der Waals surface area contributed by atoms with Crippen molar-refractivity contribution < 1.29 is 0 Å². The summed E-state index contributed by atoms with van der Waals surface area (Å²) in [7, 11) is 0. The first-order valence-corrected chi connectivity index (χ1v) is 12.9. The van der Waals surface area contributed by atoms with Gasteiger partial charge in [0.25, 0.3) is 0 Å². The molecule has 36 heavy (non-hydrogen) atoms. The average molecular weight is 478 g/mol. The van der Waals surface area contributed by atoms with Crippen LogP contribution in [0.25, 0.3) is 0 Å². The maximum Gasteiger partial charge on any atom is 0.0544 e. The maximum atomic E-state index is 4.62. The molecule has 1 fully saturated rings. The quantitative estimate of drug-likeness (QED) is 0.328. The van der Waals surface area contributed by atoms with Crippen LogP contribution in [0.2, 0.25) is 0 Å². The molecule has 1 N–H and O–H groups in total. The van der Waals surface area contributed by atoms with Gasteiger partial charge in [-0.05, 0) is 47.4 Å². The van der Waals surface area contributed by atoms with Crippen LogP contribution in [-0.2, 0) is 32.7 Å². The molecular weight excluding hydrogens is 442 g/mol. The van der Waals surface area contributed by atoms with E-state index >= 15 is 0 Å². The fourth-order valence-corrected chi connectivity index (χ4v) is 4.94. The van der Waals surface area contributed by atoms with Gasteiger partial charge < -0.3 is 5.32 Å². The number of aromatic nitrogens is 2. The molecule has 5 rings (SSSR count). The van der Waals surface area contributed by atoms with Crippen LogP contribution in [0.5, 0.6) is 0 Å². The third-order valence-corrected chi connectivity index (χ3v) is 6.87. The summed E-state index contributed by atoms with van der Waals surface area (Å²) in [5.74, 6) is 0. The Bertz CT molecular complexity index is 1170. The highest BCUT2D eigenvalue weighted by atomic mass is 15.3. The molecular formula is C31H35N5. The van der Waals surface area contributed by atoms with E-state index in [1.807, 2.05) is 30.6 Å². The number of nitrogens with one attached hydrogen (secondary N) is 1. The molecule has 0 radical (unpaired) electrons. The first-order valence-electron chi connectivity index (χ1n) is 12.9. The van der Waals surface area contributed by atoms with E-state index in [1.54, 1.807) is 0 Å². The Morgan fingerprint density at radius 1 is 0.694 bits per heavy atom. The predicted octanol–water partition coefficient (Wildman–Crippen LogP) is 5.04. The summed E-state index contributed by atoms with van der Waals surface area (Å²) in [6.45, 7) is 6.68. The van der Waals surface area contributed by atoms with Crippen molar-refractivity contribution in [3.8, 4) is 0 Å². The lowest BCUT2D eigenvalue weighted by Crippen LogP contribution is -2.36. The molecule has 5 nitrogen and oxygen atoms in total. The number of hydrogen-bond donors (Lipinski definition) is 1. The minimum Gasteiger partial charge on any atom is -0.307 e. The van der Waals surface area contributed by atoms with Gasteiger partial charge in [-0.25, -0.2) is 0 Å². The highest BCUT2D eigenvalue weighted by Gasteiger charge is 2.28. The summed E-state index contributed by atoms with van der Waals surface area (Å²) in [5.41, 5.74) is 6.23. The summed E-state index contributed by atoms with van der Waals surface area (Å²) in [5, 5.41) is 3.49. The Morgan fingerprint density at radius 2 is 1.39 bits per heavy atom. The van der Waals surface area contributed by atoms with Gasteiger partial charge in [0.1, 0.15) is 0 Å². The van der Waals surface area contributed by atoms with Crippen LogP contribution in [0.4, 0.5) is 0 Å². The minimum atomic E-state index is 0.524. The van der Waals surface area contributed by atoms with E-state index in [2.05, 4.69) is 97.9 Å². The third kappa shape index (κ3) is 7.08. The van der Waals surface area contributed by atoms with E-state index in [4.69, 9.17) is 0 Å². The molecule has 0 spiro atoms. The summed E-state index contributed by atoms with van der Waals surface area (Å²) < 4.78 is 0. The molecule has 1 aliphatic heterocycles. The second kappa shape index (κ2) is 12.5. The Labute approximate surface area is 214 Å². The largest absolute Gasteiger partial charge is 0.307 e. The molecule has 0 bridgehead atoms. The zero-order valence-corrected chi connectivity index (χ0v) is 20.8. The van der Waals surface area contributed by atoms with Gasteiger partial charge in [0, 0.05) is 64.2 Å². The number of rotatable bonds is 11. The molecule has 5 heteroatoms. The van der Waals surface area contributed by atoms with Gasteiger partial charge in [-0.15, -0.1) is 0 Å². The van der Waals surface area contributed by atoms with E-state index in [9.17, 15) is 0 Å². The first kappa shape index (κ1) is 24.3. The van der Waals surface area contributed by atoms with Gasteiger partial charge in [-0.2, -0.15) is 0 Å². The Balaban J connectivity index is 1.20. The highest BCUT2D eigenvalue weighted by Crippen LogP contribution is 2.22. The van der Waals surface area contributed by atoms with Crippen LogP contribution >= 0.6 is 0 Å².